The van der Waals surface area contributed by atoms with E-state index in [1.165, 1.54) is 0 Å². The van der Waals surface area contributed by atoms with Crippen molar-refractivity contribution in [2.45, 2.75) is 31.1 Å². The standard InChI is InChI=1S/C14H21ClN2OS/c1-14(17-2,13(16)18)8-5-9-19-10-11-6-3-4-7-12(11)15/h3-4,6-7,17H,5,8-10H2,1-2H3,(H2,16,18). The molecule has 1 amide bonds. The van der Waals surface area contributed by atoms with E-state index in [1.54, 1.807) is 7.05 Å². The lowest BCUT2D eigenvalue weighted by Crippen LogP contribution is -2.51. The number of hydrogen-bond donors (Lipinski definition) is 2. The summed E-state index contributed by atoms with van der Waals surface area (Å²) in [6.07, 6.45) is 1.68. The Labute approximate surface area is 124 Å². The molecule has 0 aliphatic rings. The largest absolute Gasteiger partial charge is 0.368 e. The average molecular weight is 301 g/mol. The van der Waals surface area contributed by atoms with Gasteiger partial charge in [0.1, 0.15) is 0 Å². The molecule has 3 N–H and O–H groups in total. The van der Waals surface area contributed by atoms with Gasteiger partial charge in [-0.2, -0.15) is 11.8 Å². The Balaban J connectivity index is 2.29. The van der Waals surface area contributed by atoms with E-state index in [4.69, 9.17) is 17.3 Å². The number of amides is 1. The molecule has 1 aromatic rings. The van der Waals surface area contributed by atoms with Crippen LogP contribution < -0.4 is 11.1 Å². The highest BCUT2D eigenvalue weighted by atomic mass is 35.5. The van der Waals surface area contributed by atoms with Crippen molar-refractivity contribution in [1.82, 2.24) is 5.32 Å². The van der Waals surface area contributed by atoms with Crippen molar-refractivity contribution < 1.29 is 4.79 Å². The molecule has 106 valence electrons. The molecule has 3 nitrogen and oxygen atoms in total. The van der Waals surface area contributed by atoms with Gasteiger partial charge in [0.15, 0.2) is 0 Å². The van der Waals surface area contributed by atoms with Crippen LogP contribution in [0.4, 0.5) is 0 Å². The summed E-state index contributed by atoms with van der Waals surface area (Å²) in [5, 5.41) is 3.80. The van der Waals surface area contributed by atoms with Crippen molar-refractivity contribution in [1.29, 1.82) is 0 Å². The molecule has 1 aromatic carbocycles. The second-order valence-electron chi connectivity index (χ2n) is 4.69. The highest BCUT2D eigenvalue weighted by molar-refractivity contribution is 7.98. The monoisotopic (exact) mass is 300 g/mol. The van der Waals surface area contributed by atoms with Crippen LogP contribution in [0.5, 0.6) is 0 Å². The second-order valence-corrected chi connectivity index (χ2v) is 6.21. The van der Waals surface area contributed by atoms with Gasteiger partial charge in [0.2, 0.25) is 5.91 Å². The van der Waals surface area contributed by atoms with Gasteiger partial charge in [0.05, 0.1) is 5.54 Å². The van der Waals surface area contributed by atoms with E-state index in [2.05, 4.69) is 5.32 Å². The Bertz CT molecular complexity index is 428. The van der Waals surface area contributed by atoms with Crippen LogP contribution in [-0.4, -0.2) is 24.2 Å². The zero-order chi connectivity index (χ0) is 14.3. The minimum Gasteiger partial charge on any atom is -0.368 e. The Kier molecular flexibility index (Phi) is 6.69. The summed E-state index contributed by atoms with van der Waals surface area (Å²) in [6.45, 7) is 1.84. The lowest BCUT2D eigenvalue weighted by molar-refractivity contribution is -0.123. The van der Waals surface area contributed by atoms with E-state index in [0.717, 1.165) is 34.9 Å². The molecule has 0 aliphatic heterocycles. The molecule has 0 spiro atoms. The quantitative estimate of drug-likeness (QED) is 0.726. The van der Waals surface area contributed by atoms with Crippen LogP contribution >= 0.6 is 23.4 Å². The first kappa shape index (κ1) is 16.3. The van der Waals surface area contributed by atoms with Crippen LogP contribution in [0.1, 0.15) is 25.3 Å². The molecule has 1 atom stereocenters. The van der Waals surface area contributed by atoms with Gasteiger partial charge in [-0.3, -0.25) is 4.79 Å². The van der Waals surface area contributed by atoms with Gasteiger partial charge in [0.25, 0.3) is 0 Å². The topological polar surface area (TPSA) is 55.1 Å². The van der Waals surface area contributed by atoms with Crippen LogP contribution in [0.25, 0.3) is 0 Å². The number of likely N-dealkylation sites (N-methyl/N-ethyl adjacent to an activating group) is 1. The van der Waals surface area contributed by atoms with E-state index >= 15 is 0 Å². The summed E-state index contributed by atoms with van der Waals surface area (Å²) in [5.74, 6) is 1.58. The molecule has 0 saturated carbocycles. The van der Waals surface area contributed by atoms with E-state index in [1.807, 2.05) is 43.0 Å². The van der Waals surface area contributed by atoms with Crippen molar-refractivity contribution in [3.8, 4) is 0 Å². The molecule has 19 heavy (non-hydrogen) atoms. The molecule has 0 saturated heterocycles. The lowest BCUT2D eigenvalue weighted by Gasteiger charge is -2.25. The third-order valence-corrected chi connectivity index (χ3v) is 4.74. The summed E-state index contributed by atoms with van der Waals surface area (Å²) in [5.41, 5.74) is 5.93. The highest BCUT2D eigenvalue weighted by Gasteiger charge is 2.27. The summed E-state index contributed by atoms with van der Waals surface area (Å²) in [7, 11) is 1.77. The molecule has 0 bridgehead atoms. The number of halogens is 1. The first-order valence-corrected chi connectivity index (χ1v) is 7.83. The van der Waals surface area contributed by atoms with E-state index in [0.29, 0.717) is 0 Å². The van der Waals surface area contributed by atoms with Crippen molar-refractivity contribution in [3.05, 3.63) is 34.9 Å². The maximum Gasteiger partial charge on any atom is 0.237 e. The number of nitrogens with one attached hydrogen (secondary N) is 1. The summed E-state index contributed by atoms with van der Waals surface area (Å²) in [6, 6.07) is 7.87. The van der Waals surface area contributed by atoms with Crippen LogP contribution in [0.15, 0.2) is 24.3 Å². The van der Waals surface area contributed by atoms with Gasteiger partial charge in [-0.05, 0) is 44.2 Å². The highest BCUT2D eigenvalue weighted by Crippen LogP contribution is 2.22. The van der Waals surface area contributed by atoms with Crippen molar-refractivity contribution >= 4 is 29.3 Å². The van der Waals surface area contributed by atoms with Gasteiger partial charge in [-0.25, -0.2) is 0 Å². The normalized spacial score (nSPS) is 14.1. The van der Waals surface area contributed by atoms with Crippen molar-refractivity contribution in [2.75, 3.05) is 12.8 Å². The molecule has 1 unspecified atom stereocenters. The van der Waals surface area contributed by atoms with Crippen LogP contribution in [-0.2, 0) is 10.5 Å². The number of hydrogen-bond acceptors (Lipinski definition) is 3. The minimum absolute atomic E-state index is 0.300. The predicted octanol–water partition coefficient (Wildman–Crippen LogP) is 2.82. The second kappa shape index (κ2) is 7.78. The predicted molar refractivity (Wildman–Crippen MR) is 83.5 cm³/mol. The number of primary amides is 1. The lowest BCUT2D eigenvalue weighted by atomic mass is 9.96. The zero-order valence-electron chi connectivity index (χ0n) is 11.4. The van der Waals surface area contributed by atoms with Gasteiger partial charge in [-0.1, -0.05) is 29.8 Å². The molecule has 0 aliphatic carbocycles. The Hall–Kier alpha value is -0.710. The molecule has 0 radical (unpaired) electrons. The SMILES string of the molecule is CNC(C)(CCCSCc1ccccc1Cl)C(N)=O. The fraction of sp³-hybridized carbons (Fsp3) is 0.500. The fourth-order valence-electron chi connectivity index (χ4n) is 1.70. The van der Waals surface area contributed by atoms with Crippen molar-refractivity contribution in [2.24, 2.45) is 5.73 Å². The maximum absolute atomic E-state index is 11.3. The van der Waals surface area contributed by atoms with Gasteiger partial charge in [-0.15, -0.1) is 0 Å². The first-order chi connectivity index (χ1) is 8.99. The number of benzene rings is 1. The van der Waals surface area contributed by atoms with Crippen LogP contribution in [0, 0.1) is 0 Å². The summed E-state index contributed by atoms with van der Waals surface area (Å²) in [4.78, 5) is 11.3. The molecule has 0 fully saturated rings. The first-order valence-electron chi connectivity index (χ1n) is 6.29. The van der Waals surface area contributed by atoms with Gasteiger partial charge >= 0.3 is 0 Å². The average Bonchev–Trinajstić information content (AvgIpc) is 2.39. The van der Waals surface area contributed by atoms with Crippen LogP contribution in [0.3, 0.4) is 0 Å². The van der Waals surface area contributed by atoms with E-state index in [-0.39, 0.29) is 5.91 Å². The van der Waals surface area contributed by atoms with Crippen LogP contribution in [0.2, 0.25) is 5.02 Å². The third-order valence-electron chi connectivity index (χ3n) is 3.28. The maximum atomic E-state index is 11.3. The Morgan fingerprint density at radius 3 is 2.74 bits per heavy atom. The third kappa shape index (κ3) is 5.05. The van der Waals surface area contributed by atoms with Gasteiger partial charge in [0, 0.05) is 10.8 Å². The molecule has 5 heteroatoms. The summed E-state index contributed by atoms with van der Waals surface area (Å²) >= 11 is 7.91. The molecule has 0 heterocycles. The van der Waals surface area contributed by atoms with E-state index < -0.39 is 5.54 Å². The number of carbonyl (C=O) groups is 1. The number of rotatable bonds is 8. The number of nitrogens with two attached hydrogens (primary N) is 1. The minimum atomic E-state index is -0.606. The molecule has 1 rings (SSSR count). The van der Waals surface area contributed by atoms with E-state index in [9.17, 15) is 4.79 Å². The Morgan fingerprint density at radius 1 is 1.47 bits per heavy atom. The molecular formula is C14H21ClN2OS. The number of carbonyl (C=O) groups excluding carboxylic acids is 1. The van der Waals surface area contributed by atoms with Gasteiger partial charge < -0.3 is 11.1 Å². The molecular weight excluding hydrogens is 280 g/mol. The van der Waals surface area contributed by atoms with Crippen molar-refractivity contribution in [3.63, 3.8) is 0 Å². The molecule has 0 aromatic heterocycles. The number of thioether (sulfide) groups is 1. The smallest absolute Gasteiger partial charge is 0.237 e. The summed E-state index contributed by atoms with van der Waals surface area (Å²) < 4.78 is 0. The fourth-order valence-corrected chi connectivity index (χ4v) is 2.94. The zero-order valence-corrected chi connectivity index (χ0v) is 13.0. The Morgan fingerprint density at radius 2 is 2.16 bits per heavy atom.